The molecule has 0 saturated heterocycles. The van der Waals surface area contributed by atoms with Gasteiger partial charge in [-0.05, 0) is 39.5 Å². The van der Waals surface area contributed by atoms with Gasteiger partial charge < -0.3 is 44.5 Å². The maximum Gasteiger partial charge on any atom is 0.194 e. The van der Waals surface area contributed by atoms with Crippen LogP contribution < -0.4 is 35.7 Å². The highest BCUT2D eigenvalue weighted by atomic mass is 16.5. The van der Waals surface area contributed by atoms with Crippen LogP contribution in [0.4, 0.5) is 11.4 Å². The number of anilines is 2. The number of ether oxygens (including phenoxy) is 5. The van der Waals surface area contributed by atoms with Crippen LogP contribution in [-0.2, 0) is 14.3 Å². The average Bonchev–Trinajstić information content (AvgIpc) is 3.22. The van der Waals surface area contributed by atoms with Crippen LogP contribution in [0.25, 0.3) is 49.2 Å². The molecule has 0 bridgehead atoms. The SMILES string of the molecule is COc1c(O)c2c(=O)cc(OC)c3c4c(OC)cc(=O)c5c6c(c7c(c(c1C(C(C)=O)C(C)=C7)c23)c54)NC(CCOCCOCCO)C(C)(C)N6. The molecular formula is C39H42N2O10. The number of hydrogen-bond donors (Lipinski definition) is 4. The minimum Gasteiger partial charge on any atom is -0.504 e. The van der Waals surface area contributed by atoms with Crippen molar-refractivity contribution in [2.45, 2.75) is 51.6 Å². The molecule has 12 nitrogen and oxygen atoms in total. The molecule has 2 aliphatic rings. The van der Waals surface area contributed by atoms with Gasteiger partial charge >= 0.3 is 0 Å². The first-order chi connectivity index (χ1) is 24.4. The first-order valence-corrected chi connectivity index (χ1v) is 17.0. The molecule has 268 valence electrons. The van der Waals surface area contributed by atoms with E-state index in [1.54, 1.807) is 0 Å². The smallest absolute Gasteiger partial charge is 0.194 e. The first kappa shape index (κ1) is 34.5. The summed E-state index contributed by atoms with van der Waals surface area (Å²) in [4.78, 5) is 41.9. The van der Waals surface area contributed by atoms with E-state index in [-0.39, 0.29) is 58.9 Å². The molecule has 0 amide bonds. The van der Waals surface area contributed by atoms with Crippen molar-refractivity contribution in [2.24, 2.45) is 0 Å². The van der Waals surface area contributed by atoms with Gasteiger partial charge in [-0.2, -0.15) is 0 Å². The van der Waals surface area contributed by atoms with E-state index in [1.807, 2.05) is 13.0 Å². The highest BCUT2D eigenvalue weighted by Crippen LogP contribution is 2.59. The van der Waals surface area contributed by atoms with Crippen LogP contribution in [0.3, 0.4) is 0 Å². The fourth-order valence-electron chi connectivity index (χ4n) is 8.35. The maximum absolute atomic E-state index is 14.4. The second kappa shape index (κ2) is 12.7. The van der Waals surface area contributed by atoms with Gasteiger partial charge in [-0.1, -0.05) is 11.6 Å². The predicted octanol–water partition coefficient (Wildman–Crippen LogP) is 5.12. The Kier molecular flexibility index (Phi) is 8.60. The molecule has 1 aliphatic heterocycles. The van der Waals surface area contributed by atoms with E-state index in [4.69, 9.17) is 28.8 Å². The molecule has 4 N–H and O–H groups in total. The van der Waals surface area contributed by atoms with Crippen LogP contribution >= 0.6 is 0 Å². The lowest BCUT2D eigenvalue weighted by Crippen LogP contribution is -2.52. The monoisotopic (exact) mass is 698 g/mol. The number of phenols is 1. The van der Waals surface area contributed by atoms with Gasteiger partial charge in [-0.15, -0.1) is 0 Å². The molecule has 0 radical (unpaired) electrons. The largest absolute Gasteiger partial charge is 0.504 e. The number of allylic oxidation sites excluding steroid dienone is 1. The van der Waals surface area contributed by atoms with Crippen LogP contribution in [0.1, 0.15) is 51.2 Å². The molecule has 0 spiro atoms. The topological polar surface area (TPSA) is 162 Å². The Bertz CT molecular complexity index is 2390. The maximum atomic E-state index is 14.4. The van der Waals surface area contributed by atoms with Crippen molar-refractivity contribution < 1.29 is 38.7 Å². The fraction of sp³-hybridized carbons (Fsp3) is 0.410. The highest BCUT2D eigenvalue weighted by molar-refractivity contribution is 6.41. The summed E-state index contributed by atoms with van der Waals surface area (Å²) < 4.78 is 28.8. The number of ketones is 1. The summed E-state index contributed by atoms with van der Waals surface area (Å²) in [6.07, 6.45) is 2.56. The van der Waals surface area contributed by atoms with Crippen molar-refractivity contribution in [3.63, 3.8) is 0 Å². The van der Waals surface area contributed by atoms with E-state index >= 15 is 0 Å². The van der Waals surface area contributed by atoms with Gasteiger partial charge in [0.05, 0.1) is 87.4 Å². The number of nitrogens with one attached hydrogen (secondary N) is 2. The minimum atomic E-state index is -0.846. The van der Waals surface area contributed by atoms with Crippen molar-refractivity contribution in [1.29, 1.82) is 0 Å². The van der Waals surface area contributed by atoms with Gasteiger partial charge in [0, 0.05) is 56.8 Å². The third-order valence-corrected chi connectivity index (χ3v) is 10.5. The number of aliphatic hydroxyl groups is 1. The molecule has 51 heavy (non-hydrogen) atoms. The summed E-state index contributed by atoms with van der Waals surface area (Å²) in [5, 5.41) is 31.8. The zero-order valence-electron chi connectivity index (χ0n) is 29.8. The molecule has 5 aromatic carbocycles. The molecule has 0 saturated carbocycles. The van der Waals surface area contributed by atoms with Gasteiger partial charge in [0.25, 0.3) is 0 Å². The van der Waals surface area contributed by atoms with Gasteiger partial charge in [-0.25, -0.2) is 0 Å². The van der Waals surface area contributed by atoms with Crippen molar-refractivity contribution in [3.8, 4) is 23.0 Å². The Balaban J connectivity index is 1.65. The zero-order chi connectivity index (χ0) is 36.5. The van der Waals surface area contributed by atoms with E-state index in [0.717, 1.165) is 5.56 Å². The number of Topliss-reactive ketones (excluding diaryl/α,β-unsaturated/α-hetero) is 1. The van der Waals surface area contributed by atoms with Crippen LogP contribution in [-0.4, -0.2) is 81.9 Å². The molecule has 1 aliphatic carbocycles. The van der Waals surface area contributed by atoms with Crippen LogP contribution in [0.5, 0.6) is 23.0 Å². The van der Waals surface area contributed by atoms with Gasteiger partial charge in [0.15, 0.2) is 22.4 Å². The van der Waals surface area contributed by atoms with Gasteiger partial charge in [0.1, 0.15) is 17.3 Å². The molecular weight excluding hydrogens is 656 g/mol. The number of hydrogen-bond acceptors (Lipinski definition) is 12. The number of benzene rings is 5. The summed E-state index contributed by atoms with van der Waals surface area (Å²) in [5.74, 6) is -0.859. The normalized spacial score (nSPS) is 17.8. The Morgan fingerprint density at radius 1 is 0.804 bits per heavy atom. The fourth-order valence-corrected chi connectivity index (χ4v) is 8.35. The van der Waals surface area contributed by atoms with Crippen molar-refractivity contribution in [3.05, 3.63) is 49.3 Å². The Morgan fingerprint density at radius 2 is 1.41 bits per heavy atom. The van der Waals surface area contributed by atoms with Crippen molar-refractivity contribution in [1.82, 2.24) is 0 Å². The van der Waals surface area contributed by atoms with E-state index in [9.17, 15) is 19.5 Å². The number of carbonyl (C=O) groups is 1. The minimum absolute atomic E-state index is 0.0178. The summed E-state index contributed by atoms with van der Waals surface area (Å²) in [7, 11) is 4.34. The molecule has 1 heterocycles. The van der Waals surface area contributed by atoms with E-state index in [1.165, 1.54) is 40.4 Å². The molecule has 2 unspecified atom stereocenters. The molecule has 2 atom stereocenters. The number of aromatic hydroxyl groups is 1. The summed E-state index contributed by atoms with van der Waals surface area (Å²) >= 11 is 0. The number of fused-ring (bicyclic) bond motifs is 4. The lowest BCUT2D eigenvalue weighted by Gasteiger charge is -2.44. The number of carbonyl (C=O) groups excluding carboxylic acids is 1. The predicted molar refractivity (Wildman–Crippen MR) is 198 cm³/mol. The van der Waals surface area contributed by atoms with Gasteiger partial charge in [-0.3, -0.25) is 14.4 Å². The second-order valence-corrected chi connectivity index (χ2v) is 13.8. The second-order valence-electron chi connectivity index (χ2n) is 13.8. The molecule has 0 fully saturated rings. The van der Waals surface area contributed by atoms with Crippen molar-refractivity contribution in [2.75, 3.05) is 65.0 Å². The number of aliphatic hydroxyl groups excluding tert-OH is 1. The molecule has 7 rings (SSSR count). The highest BCUT2D eigenvalue weighted by Gasteiger charge is 2.41. The summed E-state index contributed by atoms with van der Waals surface area (Å²) in [6.45, 7) is 8.84. The van der Waals surface area contributed by atoms with Crippen molar-refractivity contribution >= 4 is 66.3 Å². The first-order valence-electron chi connectivity index (χ1n) is 17.0. The molecule has 12 heteroatoms. The quantitative estimate of drug-likeness (QED) is 0.0775. The average molecular weight is 699 g/mol. The molecule has 0 aromatic heterocycles. The van der Waals surface area contributed by atoms with Crippen LogP contribution in [0.15, 0.2) is 27.3 Å². The third kappa shape index (κ3) is 5.02. The Morgan fingerprint density at radius 3 is 2.00 bits per heavy atom. The number of methoxy groups -OCH3 is 3. The Hall–Kier alpha value is -4.91. The number of phenolic OH excluding ortho intramolecular Hbond substituents is 1. The van der Waals surface area contributed by atoms with Crippen LogP contribution in [0.2, 0.25) is 0 Å². The zero-order valence-corrected chi connectivity index (χ0v) is 29.8. The summed E-state index contributed by atoms with van der Waals surface area (Å²) in [6, 6.07) is 2.59. The lowest BCUT2D eigenvalue weighted by molar-refractivity contribution is -0.117. The van der Waals surface area contributed by atoms with E-state index in [2.05, 4.69) is 24.5 Å². The third-order valence-electron chi connectivity index (χ3n) is 10.5. The Labute approximate surface area is 293 Å². The van der Waals surface area contributed by atoms with E-state index in [0.29, 0.717) is 86.5 Å². The van der Waals surface area contributed by atoms with Gasteiger partial charge in [0.2, 0.25) is 0 Å². The van der Waals surface area contributed by atoms with E-state index < -0.39 is 16.9 Å². The van der Waals surface area contributed by atoms with Crippen LogP contribution in [0, 0.1) is 0 Å². The standard InChI is InChI=1S/C39H42N2O10/c1-17-14-19-26-31-27(36-35(19)40-24(39(3,4)41-36)8-10-50-12-13-51-11-9-42)20(44)15-22(47-5)29(31)30-23(48-6)16-21(45)28-33(30)32(26)34(25(17)18(2)43)38(49-7)37(28)46/h14-16,24-25,40-42,46H,8-13H2,1-7H3. The lowest BCUT2D eigenvalue weighted by atomic mass is 9.79. The summed E-state index contributed by atoms with van der Waals surface area (Å²) in [5.41, 5.74) is 1.78. The number of rotatable bonds is 12. The molecule has 5 aromatic rings.